The van der Waals surface area contributed by atoms with Gasteiger partial charge in [0.2, 0.25) is 0 Å². The van der Waals surface area contributed by atoms with Crippen molar-refractivity contribution in [2.75, 3.05) is 4.90 Å². The average Bonchev–Trinajstić information content (AvgIpc) is 2.48. The maximum absolute atomic E-state index is 12.7. The van der Waals surface area contributed by atoms with E-state index in [1.54, 1.807) is 0 Å². The Labute approximate surface area is 121 Å². The smallest absolute Gasteiger partial charge is 0.322 e. The standard InChI is InChI=1S/C17H24N2O/c1-13-11-12-14-7-5-6-10-16(14)19(13)17(20)18-15-8-3-2-4-9-15/h5-7,10,13,15H,2-4,8-9,11-12H2,1H3,(H,18,20). The van der Waals surface area contributed by atoms with Crippen LogP contribution in [-0.2, 0) is 6.42 Å². The molecule has 1 fully saturated rings. The van der Waals surface area contributed by atoms with E-state index in [0.29, 0.717) is 6.04 Å². The summed E-state index contributed by atoms with van der Waals surface area (Å²) in [5, 5.41) is 3.25. The van der Waals surface area contributed by atoms with Crippen molar-refractivity contribution in [1.29, 1.82) is 0 Å². The number of benzene rings is 1. The molecule has 1 aliphatic heterocycles. The summed E-state index contributed by atoms with van der Waals surface area (Å²) in [6, 6.07) is 9.06. The van der Waals surface area contributed by atoms with E-state index in [9.17, 15) is 4.79 Å². The molecule has 1 unspecified atom stereocenters. The van der Waals surface area contributed by atoms with Crippen LogP contribution in [0.5, 0.6) is 0 Å². The van der Waals surface area contributed by atoms with Gasteiger partial charge in [0.15, 0.2) is 0 Å². The molecule has 3 heteroatoms. The summed E-state index contributed by atoms with van der Waals surface area (Å²) >= 11 is 0. The summed E-state index contributed by atoms with van der Waals surface area (Å²) in [4.78, 5) is 14.6. The van der Waals surface area contributed by atoms with Crippen LogP contribution in [0.15, 0.2) is 24.3 Å². The number of para-hydroxylation sites is 1. The van der Waals surface area contributed by atoms with Gasteiger partial charge in [0.05, 0.1) is 0 Å². The van der Waals surface area contributed by atoms with Crippen molar-refractivity contribution in [2.45, 2.75) is 64.0 Å². The molecule has 0 radical (unpaired) electrons. The minimum absolute atomic E-state index is 0.0940. The molecule has 1 aromatic rings. The quantitative estimate of drug-likeness (QED) is 0.827. The highest BCUT2D eigenvalue weighted by molar-refractivity contribution is 5.94. The van der Waals surface area contributed by atoms with E-state index < -0.39 is 0 Å². The molecule has 20 heavy (non-hydrogen) atoms. The van der Waals surface area contributed by atoms with Gasteiger partial charge < -0.3 is 5.32 Å². The number of carbonyl (C=O) groups excluding carboxylic acids is 1. The molecule has 0 saturated heterocycles. The van der Waals surface area contributed by atoms with E-state index in [-0.39, 0.29) is 12.1 Å². The van der Waals surface area contributed by atoms with Crippen LogP contribution in [0.2, 0.25) is 0 Å². The Kier molecular flexibility index (Phi) is 3.95. The molecule has 0 aromatic heterocycles. The fourth-order valence-electron chi connectivity index (χ4n) is 3.49. The van der Waals surface area contributed by atoms with Gasteiger partial charge in [-0.05, 0) is 44.2 Å². The summed E-state index contributed by atoms with van der Waals surface area (Å²) in [5.41, 5.74) is 2.39. The number of anilines is 1. The molecule has 3 nitrogen and oxygen atoms in total. The molecule has 2 aliphatic rings. The number of fused-ring (bicyclic) bond motifs is 1. The Balaban J connectivity index is 1.76. The number of rotatable bonds is 1. The topological polar surface area (TPSA) is 32.3 Å². The second-order valence-electron chi connectivity index (χ2n) is 6.17. The van der Waals surface area contributed by atoms with Gasteiger partial charge in [-0.3, -0.25) is 4.90 Å². The lowest BCUT2D eigenvalue weighted by Crippen LogP contribution is -2.50. The van der Waals surface area contributed by atoms with Gasteiger partial charge in [0, 0.05) is 17.8 Å². The van der Waals surface area contributed by atoms with E-state index in [0.717, 1.165) is 31.4 Å². The molecule has 1 aromatic carbocycles. The lowest BCUT2D eigenvalue weighted by atomic mass is 9.95. The molecular weight excluding hydrogens is 248 g/mol. The predicted octanol–water partition coefficient (Wildman–Crippen LogP) is 3.87. The van der Waals surface area contributed by atoms with Crippen molar-refractivity contribution >= 4 is 11.7 Å². The van der Waals surface area contributed by atoms with Crippen LogP contribution >= 0.6 is 0 Å². The first-order chi connectivity index (χ1) is 9.75. The third-order valence-electron chi connectivity index (χ3n) is 4.67. The van der Waals surface area contributed by atoms with Crippen molar-refractivity contribution < 1.29 is 4.79 Å². The first-order valence-corrected chi connectivity index (χ1v) is 7.93. The zero-order valence-corrected chi connectivity index (χ0v) is 12.3. The zero-order chi connectivity index (χ0) is 13.9. The van der Waals surface area contributed by atoms with Crippen molar-refractivity contribution in [2.24, 2.45) is 0 Å². The number of aryl methyl sites for hydroxylation is 1. The van der Waals surface area contributed by atoms with Gasteiger partial charge in [-0.1, -0.05) is 37.5 Å². The Hall–Kier alpha value is -1.51. The van der Waals surface area contributed by atoms with Gasteiger partial charge in [-0.15, -0.1) is 0 Å². The first kappa shape index (κ1) is 13.5. The van der Waals surface area contributed by atoms with E-state index >= 15 is 0 Å². The summed E-state index contributed by atoms with van der Waals surface area (Å²) in [5.74, 6) is 0. The molecule has 0 spiro atoms. The normalized spacial score (nSPS) is 23.2. The van der Waals surface area contributed by atoms with Crippen LogP contribution in [-0.4, -0.2) is 18.1 Å². The first-order valence-electron chi connectivity index (χ1n) is 7.93. The van der Waals surface area contributed by atoms with Gasteiger partial charge >= 0.3 is 6.03 Å². The second-order valence-corrected chi connectivity index (χ2v) is 6.17. The van der Waals surface area contributed by atoms with Gasteiger partial charge in [-0.2, -0.15) is 0 Å². The summed E-state index contributed by atoms with van der Waals surface area (Å²) < 4.78 is 0. The molecular formula is C17H24N2O. The Bertz CT molecular complexity index is 480. The highest BCUT2D eigenvalue weighted by atomic mass is 16.2. The summed E-state index contributed by atoms with van der Waals surface area (Å²) in [6.45, 7) is 2.15. The SMILES string of the molecule is CC1CCc2ccccc2N1C(=O)NC1CCCCC1. The molecule has 108 valence electrons. The summed E-state index contributed by atoms with van der Waals surface area (Å²) in [6.07, 6.45) is 8.20. The number of hydrogen-bond donors (Lipinski definition) is 1. The average molecular weight is 272 g/mol. The monoisotopic (exact) mass is 272 g/mol. The highest BCUT2D eigenvalue weighted by Gasteiger charge is 2.29. The van der Waals surface area contributed by atoms with Crippen molar-refractivity contribution in [3.8, 4) is 0 Å². The molecule has 2 amide bonds. The second kappa shape index (κ2) is 5.86. The number of nitrogens with zero attached hydrogens (tertiary/aromatic N) is 1. The minimum Gasteiger partial charge on any atom is -0.335 e. The van der Waals surface area contributed by atoms with Gasteiger partial charge in [-0.25, -0.2) is 4.79 Å². The van der Waals surface area contributed by atoms with Crippen LogP contribution < -0.4 is 10.2 Å². The van der Waals surface area contributed by atoms with Crippen LogP contribution in [0.4, 0.5) is 10.5 Å². The van der Waals surface area contributed by atoms with E-state index in [1.807, 2.05) is 11.0 Å². The third-order valence-corrected chi connectivity index (χ3v) is 4.67. The van der Waals surface area contributed by atoms with Crippen LogP contribution in [0.25, 0.3) is 0 Å². The molecule has 1 atom stereocenters. The lowest BCUT2D eigenvalue weighted by molar-refractivity contribution is 0.235. The number of urea groups is 1. The fraction of sp³-hybridized carbons (Fsp3) is 0.588. The molecule has 1 aliphatic carbocycles. The zero-order valence-electron chi connectivity index (χ0n) is 12.3. The van der Waals surface area contributed by atoms with Crippen LogP contribution in [0, 0.1) is 0 Å². The van der Waals surface area contributed by atoms with Gasteiger partial charge in [0.25, 0.3) is 0 Å². The van der Waals surface area contributed by atoms with Crippen LogP contribution in [0.1, 0.15) is 51.0 Å². The fourth-order valence-corrected chi connectivity index (χ4v) is 3.49. The maximum atomic E-state index is 12.7. The number of hydrogen-bond acceptors (Lipinski definition) is 1. The molecule has 1 heterocycles. The van der Waals surface area contributed by atoms with Gasteiger partial charge in [0.1, 0.15) is 0 Å². The predicted molar refractivity (Wildman–Crippen MR) is 82.1 cm³/mol. The molecule has 0 bridgehead atoms. The van der Waals surface area contributed by atoms with E-state index in [4.69, 9.17) is 0 Å². The summed E-state index contributed by atoms with van der Waals surface area (Å²) in [7, 11) is 0. The van der Waals surface area contributed by atoms with Crippen molar-refractivity contribution in [1.82, 2.24) is 5.32 Å². The largest absolute Gasteiger partial charge is 0.335 e. The number of nitrogens with one attached hydrogen (secondary N) is 1. The Morgan fingerprint density at radius 3 is 2.70 bits per heavy atom. The maximum Gasteiger partial charge on any atom is 0.322 e. The number of amides is 2. The molecule has 3 rings (SSSR count). The van der Waals surface area contributed by atoms with Crippen LogP contribution in [0.3, 0.4) is 0 Å². The molecule has 1 N–H and O–H groups in total. The number of carbonyl (C=O) groups is 1. The lowest BCUT2D eigenvalue weighted by Gasteiger charge is -2.36. The van der Waals surface area contributed by atoms with Crippen molar-refractivity contribution in [3.63, 3.8) is 0 Å². The van der Waals surface area contributed by atoms with Crippen molar-refractivity contribution in [3.05, 3.63) is 29.8 Å². The van der Waals surface area contributed by atoms with E-state index in [1.165, 1.54) is 24.8 Å². The minimum atomic E-state index is 0.0940. The third kappa shape index (κ3) is 2.67. The Morgan fingerprint density at radius 1 is 1.15 bits per heavy atom. The Morgan fingerprint density at radius 2 is 1.90 bits per heavy atom. The van der Waals surface area contributed by atoms with E-state index in [2.05, 4.69) is 30.4 Å². The molecule has 1 saturated carbocycles. The highest BCUT2D eigenvalue weighted by Crippen LogP contribution is 2.30.